The Morgan fingerprint density at radius 2 is 2.11 bits per heavy atom. The number of anilines is 1. The second kappa shape index (κ2) is 4.57. The lowest BCUT2D eigenvalue weighted by Crippen LogP contribution is -2.26. The maximum atomic E-state index is 12.4. The number of aromatic amines is 1. The fraction of sp³-hybridized carbons (Fsp3) is 0.0667. The van der Waals surface area contributed by atoms with Crippen LogP contribution in [0, 0.1) is 0 Å². The molecule has 0 atom stereocenters. The van der Waals surface area contributed by atoms with Gasteiger partial charge >= 0.3 is 0 Å². The van der Waals surface area contributed by atoms with Crippen LogP contribution in [0.3, 0.4) is 0 Å². The van der Waals surface area contributed by atoms with Crippen molar-refractivity contribution in [2.24, 2.45) is 0 Å². The highest BCUT2D eigenvalue weighted by Gasteiger charge is 2.14. The zero-order valence-electron chi connectivity index (χ0n) is 10.5. The lowest BCUT2D eigenvalue weighted by molar-refractivity contribution is 0.0992. The zero-order chi connectivity index (χ0) is 13.2. The third-order valence-electron chi connectivity index (χ3n) is 3.10. The van der Waals surface area contributed by atoms with E-state index in [0.29, 0.717) is 11.4 Å². The van der Waals surface area contributed by atoms with E-state index in [1.165, 1.54) is 0 Å². The summed E-state index contributed by atoms with van der Waals surface area (Å²) < 4.78 is 0. The van der Waals surface area contributed by atoms with Crippen LogP contribution in [0.15, 0.2) is 54.9 Å². The van der Waals surface area contributed by atoms with E-state index in [0.717, 1.165) is 10.9 Å². The van der Waals surface area contributed by atoms with Crippen LogP contribution in [0.4, 0.5) is 5.82 Å². The van der Waals surface area contributed by atoms with Gasteiger partial charge in [-0.2, -0.15) is 0 Å². The number of aromatic nitrogens is 2. The topological polar surface area (TPSA) is 49.0 Å². The molecule has 0 fully saturated rings. The summed E-state index contributed by atoms with van der Waals surface area (Å²) >= 11 is 0. The first-order valence-corrected chi connectivity index (χ1v) is 6.02. The van der Waals surface area contributed by atoms with E-state index in [1.807, 2.05) is 48.7 Å². The smallest absolute Gasteiger partial charge is 0.259 e. The van der Waals surface area contributed by atoms with E-state index in [4.69, 9.17) is 0 Å². The number of carbonyl (C=O) groups excluding carboxylic acids is 1. The number of amides is 1. The van der Waals surface area contributed by atoms with E-state index >= 15 is 0 Å². The molecule has 4 heteroatoms. The lowest BCUT2D eigenvalue weighted by atomic mass is 10.1. The molecule has 2 heterocycles. The van der Waals surface area contributed by atoms with Gasteiger partial charge in [0.2, 0.25) is 0 Å². The van der Waals surface area contributed by atoms with Crippen molar-refractivity contribution in [1.82, 2.24) is 9.97 Å². The summed E-state index contributed by atoms with van der Waals surface area (Å²) in [5.41, 5.74) is 1.68. The maximum absolute atomic E-state index is 12.4. The molecule has 3 aromatic rings. The van der Waals surface area contributed by atoms with Gasteiger partial charge in [-0.05, 0) is 36.4 Å². The number of hydrogen-bond donors (Lipinski definition) is 1. The van der Waals surface area contributed by atoms with E-state index in [2.05, 4.69) is 9.97 Å². The zero-order valence-corrected chi connectivity index (χ0v) is 10.5. The average molecular weight is 251 g/mol. The number of fused-ring (bicyclic) bond motifs is 1. The van der Waals surface area contributed by atoms with Crippen molar-refractivity contribution in [2.75, 3.05) is 11.9 Å². The summed E-state index contributed by atoms with van der Waals surface area (Å²) in [6.07, 6.45) is 3.54. The van der Waals surface area contributed by atoms with Gasteiger partial charge in [0.1, 0.15) is 5.82 Å². The van der Waals surface area contributed by atoms with Crippen molar-refractivity contribution in [3.8, 4) is 0 Å². The van der Waals surface area contributed by atoms with E-state index in [9.17, 15) is 4.79 Å². The van der Waals surface area contributed by atoms with Crippen molar-refractivity contribution in [3.63, 3.8) is 0 Å². The Kier molecular flexibility index (Phi) is 2.76. The standard InChI is InChI=1S/C15H13N3O/c1-18(14-4-2-3-8-17-14)15(19)12-5-6-13-11(10-12)7-9-16-13/h2-10,16H,1H3. The van der Waals surface area contributed by atoms with Gasteiger partial charge in [-0.3, -0.25) is 9.69 Å². The van der Waals surface area contributed by atoms with E-state index < -0.39 is 0 Å². The van der Waals surface area contributed by atoms with Gasteiger partial charge in [0.25, 0.3) is 5.91 Å². The molecule has 1 N–H and O–H groups in total. The molecule has 1 amide bonds. The minimum Gasteiger partial charge on any atom is -0.361 e. The fourth-order valence-corrected chi connectivity index (χ4v) is 2.04. The molecule has 1 aromatic carbocycles. The SMILES string of the molecule is CN(C(=O)c1ccc2[nH]ccc2c1)c1ccccn1. The van der Waals surface area contributed by atoms with Gasteiger partial charge in [-0.1, -0.05) is 6.07 Å². The first-order valence-electron chi connectivity index (χ1n) is 6.02. The third-order valence-corrected chi connectivity index (χ3v) is 3.10. The summed E-state index contributed by atoms with van der Waals surface area (Å²) in [6, 6.07) is 13.1. The molecule has 0 spiro atoms. The van der Waals surface area contributed by atoms with Crippen LogP contribution in [0.25, 0.3) is 10.9 Å². The van der Waals surface area contributed by atoms with E-state index in [1.54, 1.807) is 18.1 Å². The molecule has 0 bridgehead atoms. The quantitative estimate of drug-likeness (QED) is 0.761. The molecule has 0 saturated carbocycles. The molecule has 3 rings (SSSR count). The summed E-state index contributed by atoms with van der Waals surface area (Å²) in [4.78, 5) is 21.2. The first kappa shape index (κ1) is 11.5. The van der Waals surface area contributed by atoms with Crippen LogP contribution in [-0.4, -0.2) is 22.9 Å². The van der Waals surface area contributed by atoms with Crippen molar-refractivity contribution < 1.29 is 4.79 Å². The van der Waals surface area contributed by atoms with Crippen molar-refractivity contribution in [2.45, 2.75) is 0 Å². The number of benzene rings is 1. The van der Waals surface area contributed by atoms with Gasteiger partial charge in [-0.15, -0.1) is 0 Å². The molecule has 0 aliphatic heterocycles. The molecular weight excluding hydrogens is 238 g/mol. The number of hydrogen-bond acceptors (Lipinski definition) is 2. The first-order chi connectivity index (χ1) is 9.25. The van der Waals surface area contributed by atoms with Gasteiger partial charge in [0, 0.05) is 35.9 Å². The maximum Gasteiger partial charge on any atom is 0.259 e. The Hall–Kier alpha value is -2.62. The summed E-state index contributed by atoms with van der Waals surface area (Å²) in [6.45, 7) is 0. The highest BCUT2D eigenvalue weighted by molar-refractivity contribution is 6.07. The predicted molar refractivity (Wildman–Crippen MR) is 75.3 cm³/mol. The van der Waals surface area contributed by atoms with Crippen molar-refractivity contribution >= 4 is 22.6 Å². The second-order valence-corrected chi connectivity index (χ2v) is 4.33. The lowest BCUT2D eigenvalue weighted by Gasteiger charge is -2.16. The number of rotatable bonds is 2. The van der Waals surface area contributed by atoms with Gasteiger partial charge < -0.3 is 4.98 Å². The Morgan fingerprint density at radius 3 is 2.89 bits per heavy atom. The van der Waals surface area contributed by atoms with Crippen LogP contribution < -0.4 is 4.90 Å². The monoisotopic (exact) mass is 251 g/mol. The fourth-order valence-electron chi connectivity index (χ4n) is 2.04. The van der Waals surface area contributed by atoms with E-state index in [-0.39, 0.29) is 5.91 Å². The molecule has 0 radical (unpaired) electrons. The molecule has 0 saturated heterocycles. The van der Waals surface area contributed by atoms with Crippen LogP contribution in [0.5, 0.6) is 0 Å². The number of nitrogens with zero attached hydrogens (tertiary/aromatic N) is 2. The largest absolute Gasteiger partial charge is 0.361 e. The minimum atomic E-state index is -0.0678. The summed E-state index contributed by atoms with van der Waals surface area (Å²) in [7, 11) is 1.73. The van der Waals surface area contributed by atoms with Crippen molar-refractivity contribution in [3.05, 3.63) is 60.4 Å². The van der Waals surface area contributed by atoms with Gasteiger partial charge in [-0.25, -0.2) is 4.98 Å². The molecule has 0 aliphatic carbocycles. The number of carbonyl (C=O) groups is 1. The molecule has 19 heavy (non-hydrogen) atoms. The highest BCUT2D eigenvalue weighted by atomic mass is 16.2. The number of nitrogens with one attached hydrogen (secondary N) is 1. The minimum absolute atomic E-state index is 0.0678. The molecule has 94 valence electrons. The highest BCUT2D eigenvalue weighted by Crippen LogP contribution is 2.17. The summed E-state index contributed by atoms with van der Waals surface area (Å²) in [5, 5.41) is 1.03. The Morgan fingerprint density at radius 1 is 1.21 bits per heavy atom. The molecule has 0 aliphatic rings. The summed E-state index contributed by atoms with van der Waals surface area (Å²) in [5.74, 6) is 0.573. The molecule has 2 aromatic heterocycles. The number of H-pyrrole nitrogens is 1. The van der Waals surface area contributed by atoms with Crippen molar-refractivity contribution in [1.29, 1.82) is 0 Å². The van der Waals surface area contributed by atoms with Gasteiger partial charge in [0.15, 0.2) is 0 Å². The number of pyridine rings is 1. The predicted octanol–water partition coefficient (Wildman–Crippen LogP) is 2.84. The van der Waals surface area contributed by atoms with Crippen LogP contribution >= 0.6 is 0 Å². The Bertz CT molecular complexity index is 718. The normalized spacial score (nSPS) is 10.6. The third kappa shape index (κ3) is 2.08. The average Bonchev–Trinajstić information content (AvgIpc) is 2.94. The molecular formula is C15H13N3O. The second-order valence-electron chi connectivity index (χ2n) is 4.33. The van der Waals surface area contributed by atoms with Crippen LogP contribution in [0.2, 0.25) is 0 Å². The van der Waals surface area contributed by atoms with Gasteiger partial charge in [0.05, 0.1) is 0 Å². The van der Waals surface area contributed by atoms with Crippen LogP contribution in [-0.2, 0) is 0 Å². The van der Waals surface area contributed by atoms with Crippen LogP contribution in [0.1, 0.15) is 10.4 Å². The Labute approximate surface area is 110 Å². The molecule has 0 unspecified atom stereocenters. The Balaban J connectivity index is 1.95. The molecule has 4 nitrogen and oxygen atoms in total.